The van der Waals surface area contributed by atoms with Crippen LogP contribution in [-0.2, 0) is 15.8 Å². The zero-order valence-corrected chi connectivity index (χ0v) is 14.2. The number of Topliss-reactive ketones (excluding diaryl/α,β-unsaturated/α-hetero) is 1. The molecule has 1 fully saturated rings. The Bertz CT molecular complexity index is 907. The van der Waals surface area contributed by atoms with Crippen LogP contribution in [0.2, 0.25) is 0 Å². The molecule has 1 aliphatic rings. The van der Waals surface area contributed by atoms with Gasteiger partial charge in [-0.2, -0.15) is 13.2 Å². The normalized spacial score (nSPS) is 17.3. The number of hydrogen-bond acceptors (Lipinski definition) is 4. The summed E-state index contributed by atoms with van der Waals surface area (Å²) >= 11 is 0. The van der Waals surface area contributed by atoms with Gasteiger partial charge in [-0.25, -0.2) is 4.90 Å². The van der Waals surface area contributed by atoms with Gasteiger partial charge in [0, 0.05) is 11.3 Å². The van der Waals surface area contributed by atoms with Crippen LogP contribution in [0.5, 0.6) is 0 Å². The lowest BCUT2D eigenvalue weighted by Gasteiger charge is -2.17. The van der Waals surface area contributed by atoms with Gasteiger partial charge in [0.2, 0.25) is 5.91 Å². The molecule has 0 spiro atoms. The van der Waals surface area contributed by atoms with Crippen molar-refractivity contribution >= 4 is 29.0 Å². The van der Waals surface area contributed by atoms with Crippen LogP contribution in [0, 0.1) is 0 Å². The Labute approximate surface area is 152 Å². The number of benzene rings is 2. The third-order valence-corrected chi connectivity index (χ3v) is 4.21. The minimum absolute atomic E-state index is 0.102. The summed E-state index contributed by atoms with van der Waals surface area (Å²) in [4.78, 5) is 37.1. The van der Waals surface area contributed by atoms with Gasteiger partial charge < -0.3 is 5.32 Å². The molecule has 0 saturated carbocycles. The van der Waals surface area contributed by atoms with E-state index in [4.69, 9.17) is 0 Å². The monoisotopic (exact) mass is 376 g/mol. The number of halogens is 3. The Kier molecular flexibility index (Phi) is 4.73. The first-order chi connectivity index (χ1) is 12.7. The van der Waals surface area contributed by atoms with Gasteiger partial charge in [-0.05, 0) is 49.4 Å². The lowest BCUT2D eigenvalue weighted by molar-refractivity contribution is -0.137. The zero-order chi connectivity index (χ0) is 19.8. The third kappa shape index (κ3) is 3.84. The molecular formula is C19H15F3N2O3. The van der Waals surface area contributed by atoms with Crippen LogP contribution in [0.1, 0.15) is 29.3 Å². The Balaban J connectivity index is 1.79. The summed E-state index contributed by atoms with van der Waals surface area (Å²) < 4.78 is 38.4. The lowest BCUT2D eigenvalue weighted by Crippen LogP contribution is -2.34. The molecule has 1 saturated heterocycles. The number of imide groups is 1. The average molecular weight is 376 g/mol. The largest absolute Gasteiger partial charge is 0.416 e. The minimum Gasteiger partial charge on any atom is -0.373 e. The molecule has 27 heavy (non-hydrogen) atoms. The molecule has 1 aliphatic heterocycles. The van der Waals surface area contributed by atoms with Crippen molar-refractivity contribution in [3.63, 3.8) is 0 Å². The number of ketones is 1. The first-order valence-corrected chi connectivity index (χ1v) is 8.08. The van der Waals surface area contributed by atoms with Gasteiger partial charge in [0.25, 0.3) is 5.91 Å². The fourth-order valence-corrected chi connectivity index (χ4v) is 2.85. The predicted molar refractivity (Wildman–Crippen MR) is 92.4 cm³/mol. The van der Waals surface area contributed by atoms with Gasteiger partial charge in [0.15, 0.2) is 5.78 Å². The number of hydrogen-bond donors (Lipinski definition) is 1. The number of amides is 2. The highest BCUT2D eigenvalue weighted by atomic mass is 19.4. The van der Waals surface area contributed by atoms with Crippen LogP contribution < -0.4 is 10.2 Å². The van der Waals surface area contributed by atoms with Gasteiger partial charge in [-0.3, -0.25) is 14.4 Å². The maximum Gasteiger partial charge on any atom is 0.416 e. The topological polar surface area (TPSA) is 66.5 Å². The molecule has 2 amide bonds. The van der Waals surface area contributed by atoms with Crippen molar-refractivity contribution < 1.29 is 27.6 Å². The number of alkyl halides is 3. The molecule has 8 heteroatoms. The van der Waals surface area contributed by atoms with Crippen LogP contribution in [0.4, 0.5) is 24.5 Å². The second-order valence-corrected chi connectivity index (χ2v) is 6.15. The summed E-state index contributed by atoms with van der Waals surface area (Å²) in [5.74, 6) is -1.18. The van der Waals surface area contributed by atoms with E-state index >= 15 is 0 Å². The molecular weight excluding hydrogens is 361 g/mol. The van der Waals surface area contributed by atoms with Gasteiger partial charge in [0.1, 0.15) is 6.04 Å². The summed E-state index contributed by atoms with van der Waals surface area (Å²) in [5.41, 5.74) is 0.00512. The molecule has 0 aliphatic carbocycles. The number of nitrogens with one attached hydrogen (secondary N) is 1. The Morgan fingerprint density at radius 2 is 1.78 bits per heavy atom. The molecule has 5 nitrogen and oxygen atoms in total. The van der Waals surface area contributed by atoms with Gasteiger partial charge in [-0.15, -0.1) is 0 Å². The number of anilines is 2. The highest BCUT2D eigenvalue weighted by Gasteiger charge is 2.40. The number of carbonyl (C=O) groups is 3. The van der Waals surface area contributed by atoms with E-state index in [9.17, 15) is 27.6 Å². The molecule has 1 heterocycles. The van der Waals surface area contributed by atoms with Crippen LogP contribution in [-0.4, -0.2) is 23.6 Å². The molecule has 0 radical (unpaired) electrons. The van der Waals surface area contributed by atoms with E-state index in [1.54, 1.807) is 0 Å². The number of carbonyl (C=O) groups excluding carboxylic acids is 3. The quantitative estimate of drug-likeness (QED) is 0.653. The van der Waals surface area contributed by atoms with E-state index in [1.807, 2.05) is 0 Å². The smallest absolute Gasteiger partial charge is 0.373 e. The first-order valence-electron chi connectivity index (χ1n) is 8.08. The minimum atomic E-state index is -4.50. The van der Waals surface area contributed by atoms with Gasteiger partial charge >= 0.3 is 6.18 Å². The van der Waals surface area contributed by atoms with Crippen molar-refractivity contribution in [2.45, 2.75) is 25.6 Å². The van der Waals surface area contributed by atoms with E-state index in [1.165, 1.54) is 43.3 Å². The second kappa shape index (κ2) is 6.86. The maximum atomic E-state index is 12.8. The zero-order valence-electron chi connectivity index (χ0n) is 14.2. The first kappa shape index (κ1) is 18.6. The summed E-state index contributed by atoms with van der Waals surface area (Å²) in [7, 11) is 0. The van der Waals surface area contributed by atoms with Crippen LogP contribution in [0.3, 0.4) is 0 Å². The van der Waals surface area contributed by atoms with E-state index in [0.29, 0.717) is 11.3 Å². The molecule has 0 aromatic heterocycles. The molecule has 140 valence electrons. The molecule has 0 unspecified atom stereocenters. The Morgan fingerprint density at radius 3 is 2.37 bits per heavy atom. The van der Waals surface area contributed by atoms with Gasteiger partial charge in [-0.1, -0.05) is 6.07 Å². The van der Waals surface area contributed by atoms with Crippen LogP contribution in [0.15, 0.2) is 48.5 Å². The van der Waals surface area contributed by atoms with Crippen molar-refractivity contribution in [3.05, 3.63) is 59.7 Å². The SMILES string of the molecule is CC(=O)c1ccc(N2C(=O)C[C@H](Nc3cccc(C(F)(F)F)c3)C2=O)cc1. The molecule has 0 bridgehead atoms. The predicted octanol–water partition coefficient (Wildman–Crippen LogP) is 3.65. The van der Waals surface area contributed by atoms with Crippen molar-refractivity contribution in [1.29, 1.82) is 0 Å². The van der Waals surface area contributed by atoms with E-state index in [-0.39, 0.29) is 17.9 Å². The highest BCUT2D eigenvalue weighted by molar-refractivity contribution is 6.23. The summed E-state index contributed by atoms with van der Waals surface area (Å²) in [5, 5.41) is 2.70. The molecule has 3 rings (SSSR count). The summed E-state index contributed by atoms with van der Waals surface area (Å²) in [6, 6.07) is 9.46. The number of nitrogens with zero attached hydrogens (tertiary/aromatic N) is 1. The molecule has 2 aromatic rings. The van der Waals surface area contributed by atoms with Crippen molar-refractivity contribution in [2.75, 3.05) is 10.2 Å². The third-order valence-electron chi connectivity index (χ3n) is 4.21. The molecule has 1 atom stereocenters. The fourth-order valence-electron chi connectivity index (χ4n) is 2.85. The Morgan fingerprint density at radius 1 is 1.11 bits per heavy atom. The second-order valence-electron chi connectivity index (χ2n) is 6.15. The van der Waals surface area contributed by atoms with Crippen LogP contribution >= 0.6 is 0 Å². The Hall–Kier alpha value is -3.16. The lowest BCUT2D eigenvalue weighted by atomic mass is 10.1. The van der Waals surface area contributed by atoms with Crippen molar-refractivity contribution in [1.82, 2.24) is 0 Å². The van der Waals surface area contributed by atoms with E-state index in [2.05, 4.69) is 5.32 Å². The molecule has 2 aromatic carbocycles. The van der Waals surface area contributed by atoms with Crippen molar-refractivity contribution in [3.8, 4) is 0 Å². The summed E-state index contributed by atoms with van der Waals surface area (Å²) in [6.07, 6.45) is -4.68. The van der Waals surface area contributed by atoms with Gasteiger partial charge in [0.05, 0.1) is 17.7 Å². The fraction of sp³-hybridized carbons (Fsp3) is 0.211. The van der Waals surface area contributed by atoms with E-state index < -0.39 is 29.6 Å². The molecule has 1 N–H and O–H groups in total. The maximum absolute atomic E-state index is 12.8. The van der Waals surface area contributed by atoms with Crippen LogP contribution in [0.25, 0.3) is 0 Å². The average Bonchev–Trinajstić information content (AvgIpc) is 2.88. The van der Waals surface area contributed by atoms with E-state index in [0.717, 1.165) is 17.0 Å². The van der Waals surface area contributed by atoms with Crippen molar-refractivity contribution in [2.24, 2.45) is 0 Å². The number of rotatable bonds is 4. The standard InChI is InChI=1S/C19H15F3N2O3/c1-11(25)12-5-7-15(8-6-12)24-17(26)10-16(18(24)27)23-14-4-2-3-13(9-14)19(20,21)22/h2-9,16,23H,10H2,1H3/t16-/m0/s1. The highest BCUT2D eigenvalue weighted by Crippen LogP contribution is 2.31. The summed E-state index contributed by atoms with van der Waals surface area (Å²) in [6.45, 7) is 1.40.